The van der Waals surface area contributed by atoms with E-state index in [9.17, 15) is 8.42 Å². The van der Waals surface area contributed by atoms with Crippen LogP contribution in [0.25, 0.3) is 0 Å². The van der Waals surface area contributed by atoms with Crippen LogP contribution in [0.2, 0.25) is 0 Å². The Bertz CT molecular complexity index is 582. The Morgan fingerprint density at radius 1 is 1.00 bits per heavy atom. The van der Waals surface area contributed by atoms with E-state index in [0.717, 1.165) is 24.2 Å². The lowest BCUT2D eigenvalue weighted by Crippen LogP contribution is -2.48. The zero-order valence-electron chi connectivity index (χ0n) is 16.5. The Morgan fingerprint density at radius 2 is 1.69 bits per heavy atom. The molecule has 0 spiro atoms. The van der Waals surface area contributed by atoms with Gasteiger partial charge in [-0.15, -0.1) is 0 Å². The number of hydrogen-bond acceptors (Lipinski definition) is 3. The third-order valence-corrected chi connectivity index (χ3v) is 8.37. The lowest BCUT2D eigenvalue weighted by Gasteiger charge is -2.33. The van der Waals surface area contributed by atoms with Gasteiger partial charge in [-0.2, -0.15) is 0 Å². The third-order valence-electron chi connectivity index (χ3n) is 6.53. The summed E-state index contributed by atoms with van der Waals surface area (Å²) >= 11 is 0. The first-order chi connectivity index (χ1) is 12.4. The topological polar surface area (TPSA) is 70.6 Å². The van der Waals surface area contributed by atoms with Crippen molar-refractivity contribution in [2.24, 2.45) is 22.7 Å². The quantitative estimate of drug-likeness (QED) is 0.565. The minimum Gasteiger partial charge on any atom is -0.354 e. The Kier molecular flexibility index (Phi) is 6.87. The minimum absolute atomic E-state index is 0.192. The molecule has 26 heavy (non-hydrogen) atoms. The first-order valence-electron chi connectivity index (χ1n) is 10.7. The smallest absolute Gasteiger partial charge is 0.191 e. The number of guanidine groups is 1. The molecule has 2 aliphatic carbocycles. The van der Waals surface area contributed by atoms with Crippen molar-refractivity contribution >= 4 is 15.8 Å². The normalized spacial score (nSPS) is 32.9. The molecule has 1 saturated heterocycles. The molecule has 3 fully saturated rings. The highest BCUT2D eigenvalue weighted by Crippen LogP contribution is 2.30. The van der Waals surface area contributed by atoms with Crippen molar-refractivity contribution in [3.63, 3.8) is 0 Å². The summed E-state index contributed by atoms with van der Waals surface area (Å²) < 4.78 is 23.4. The minimum atomic E-state index is -2.82. The monoisotopic (exact) mass is 383 g/mol. The molecular formula is C20H37N3O2S. The van der Waals surface area contributed by atoms with Crippen LogP contribution in [0.1, 0.15) is 71.6 Å². The molecule has 2 saturated carbocycles. The maximum Gasteiger partial charge on any atom is 0.191 e. The molecule has 3 rings (SSSR count). The molecule has 6 heteroatoms. The first kappa shape index (κ1) is 20.0. The van der Waals surface area contributed by atoms with Gasteiger partial charge in [-0.25, -0.2) is 8.42 Å². The van der Waals surface area contributed by atoms with Gasteiger partial charge in [0.1, 0.15) is 0 Å². The molecule has 3 aliphatic rings. The third kappa shape index (κ3) is 5.86. The molecule has 2 N–H and O–H groups in total. The number of aliphatic imine (C=N–C) groups is 1. The van der Waals surface area contributed by atoms with Crippen LogP contribution in [0.5, 0.6) is 0 Å². The van der Waals surface area contributed by atoms with Gasteiger partial charge in [0.15, 0.2) is 15.8 Å². The molecule has 3 atom stereocenters. The predicted molar refractivity (Wildman–Crippen MR) is 108 cm³/mol. The van der Waals surface area contributed by atoms with Crippen LogP contribution < -0.4 is 10.6 Å². The number of nitrogens with zero attached hydrogens (tertiary/aromatic N) is 1. The number of sulfone groups is 1. The lowest BCUT2D eigenvalue weighted by atomic mass is 9.79. The average Bonchev–Trinajstić information content (AvgIpc) is 3.22. The van der Waals surface area contributed by atoms with Crippen molar-refractivity contribution in [3.05, 3.63) is 0 Å². The van der Waals surface area contributed by atoms with E-state index >= 15 is 0 Å². The molecule has 0 radical (unpaired) electrons. The molecule has 1 heterocycles. The van der Waals surface area contributed by atoms with E-state index in [2.05, 4.69) is 24.5 Å². The van der Waals surface area contributed by atoms with E-state index in [-0.39, 0.29) is 5.92 Å². The van der Waals surface area contributed by atoms with Crippen molar-refractivity contribution in [2.75, 3.05) is 18.1 Å². The molecule has 0 bridgehead atoms. The van der Waals surface area contributed by atoms with Crippen LogP contribution >= 0.6 is 0 Å². The SMILES string of the molecule is CC(C)C1CCCC(NC(=NCC2CCS(=O)(=O)C2)NC2CCCC2)C1. The van der Waals surface area contributed by atoms with Gasteiger partial charge in [0.05, 0.1) is 11.5 Å². The van der Waals surface area contributed by atoms with E-state index in [4.69, 9.17) is 4.99 Å². The molecule has 150 valence electrons. The summed E-state index contributed by atoms with van der Waals surface area (Å²) in [6.45, 7) is 5.29. The van der Waals surface area contributed by atoms with Crippen LogP contribution in [0, 0.1) is 17.8 Å². The molecule has 0 aromatic heterocycles. The fraction of sp³-hybridized carbons (Fsp3) is 0.950. The summed E-state index contributed by atoms with van der Waals surface area (Å²) in [4.78, 5) is 4.83. The number of rotatable bonds is 5. The zero-order valence-corrected chi connectivity index (χ0v) is 17.4. The molecule has 0 aromatic carbocycles. The Morgan fingerprint density at radius 3 is 2.35 bits per heavy atom. The summed E-state index contributed by atoms with van der Waals surface area (Å²) in [6.07, 6.45) is 10.9. The Labute approximate surface area is 159 Å². The van der Waals surface area contributed by atoms with Crippen LogP contribution in [0.15, 0.2) is 4.99 Å². The van der Waals surface area contributed by atoms with Crippen LogP contribution in [-0.2, 0) is 9.84 Å². The van der Waals surface area contributed by atoms with Gasteiger partial charge in [-0.1, -0.05) is 39.5 Å². The highest BCUT2D eigenvalue weighted by Gasteiger charge is 2.29. The standard InChI is InChI=1S/C20H37N3O2S/c1-15(2)17-6-5-9-19(12-17)23-20(22-18-7-3-4-8-18)21-13-16-10-11-26(24,25)14-16/h15-19H,3-14H2,1-2H3,(H2,21,22,23). The molecule has 5 nitrogen and oxygen atoms in total. The van der Waals surface area contributed by atoms with Gasteiger partial charge in [0.2, 0.25) is 0 Å². The summed E-state index contributed by atoms with van der Waals surface area (Å²) in [5, 5.41) is 7.34. The van der Waals surface area contributed by atoms with E-state index in [0.29, 0.717) is 30.1 Å². The number of nitrogens with one attached hydrogen (secondary N) is 2. The molecule has 0 amide bonds. The highest BCUT2D eigenvalue weighted by molar-refractivity contribution is 7.91. The van der Waals surface area contributed by atoms with Gasteiger partial charge < -0.3 is 10.6 Å². The second-order valence-electron chi connectivity index (χ2n) is 9.10. The van der Waals surface area contributed by atoms with Gasteiger partial charge in [-0.05, 0) is 49.9 Å². The maximum atomic E-state index is 11.7. The van der Waals surface area contributed by atoms with E-state index in [1.165, 1.54) is 51.4 Å². The van der Waals surface area contributed by atoms with Crippen LogP contribution in [0.3, 0.4) is 0 Å². The van der Waals surface area contributed by atoms with Gasteiger partial charge >= 0.3 is 0 Å². The average molecular weight is 384 g/mol. The molecule has 1 aliphatic heterocycles. The molecular weight excluding hydrogens is 346 g/mol. The van der Waals surface area contributed by atoms with Crippen molar-refractivity contribution in [3.8, 4) is 0 Å². The lowest BCUT2D eigenvalue weighted by molar-refractivity contribution is 0.244. The van der Waals surface area contributed by atoms with Crippen LogP contribution in [0.4, 0.5) is 0 Å². The second-order valence-corrected chi connectivity index (χ2v) is 11.3. The first-order valence-corrected chi connectivity index (χ1v) is 12.5. The fourth-order valence-corrected chi connectivity index (χ4v) is 6.64. The van der Waals surface area contributed by atoms with E-state index in [1.54, 1.807) is 0 Å². The maximum absolute atomic E-state index is 11.7. The van der Waals surface area contributed by atoms with Gasteiger partial charge in [0, 0.05) is 18.6 Å². The predicted octanol–water partition coefficient (Wildman–Crippen LogP) is 3.11. The van der Waals surface area contributed by atoms with Gasteiger partial charge in [-0.3, -0.25) is 4.99 Å². The van der Waals surface area contributed by atoms with Crippen molar-refractivity contribution in [1.82, 2.24) is 10.6 Å². The summed E-state index contributed by atoms with van der Waals surface area (Å²) in [5.41, 5.74) is 0. The molecule has 0 aromatic rings. The van der Waals surface area contributed by atoms with Gasteiger partial charge in [0.25, 0.3) is 0 Å². The van der Waals surface area contributed by atoms with Crippen molar-refractivity contribution < 1.29 is 8.42 Å². The second kappa shape index (κ2) is 8.94. The Hall–Kier alpha value is -0.780. The Balaban J connectivity index is 1.59. The highest BCUT2D eigenvalue weighted by atomic mass is 32.2. The van der Waals surface area contributed by atoms with E-state index in [1.807, 2.05) is 0 Å². The largest absolute Gasteiger partial charge is 0.354 e. The van der Waals surface area contributed by atoms with E-state index < -0.39 is 9.84 Å². The number of hydrogen-bond donors (Lipinski definition) is 2. The molecule has 3 unspecified atom stereocenters. The van der Waals surface area contributed by atoms with Crippen molar-refractivity contribution in [1.29, 1.82) is 0 Å². The summed E-state index contributed by atoms with van der Waals surface area (Å²) in [5.74, 6) is 3.31. The zero-order chi connectivity index (χ0) is 18.6. The fourth-order valence-electron chi connectivity index (χ4n) is 4.79. The summed E-state index contributed by atoms with van der Waals surface area (Å²) in [7, 11) is -2.82. The van der Waals surface area contributed by atoms with Crippen molar-refractivity contribution in [2.45, 2.75) is 83.7 Å². The summed E-state index contributed by atoms with van der Waals surface area (Å²) in [6, 6.07) is 1.02. The van der Waals surface area contributed by atoms with Crippen LogP contribution in [-0.4, -0.2) is 44.5 Å².